The van der Waals surface area contributed by atoms with Gasteiger partial charge in [-0.05, 0) is 42.5 Å². The van der Waals surface area contributed by atoms with Crippen molar-refractivity contribution in [3.8, 4) is 5.75 Å². The fraction of sp³-hybridized carbons (Fsp3) is 0.381. The molecule has 0 fully saturated rings. The molecule has 1 atom stereocenters. The molecule has 0 radical (unpaired) electrons. The topological polar surface area (TPSA) is 88.5 Å². The van der Waals surface area contributed by atoms with Crippen LogP contribution in [-0.2, 0) is 11.4 Å². The SMILES string of the molecule is CC(C)(C)CCC(NC(=O)c1cccc(OCc2cccnc2)c1)C(=O)O. The molecule has 0 aliphatic heterocycles. The summed E-state index contributed by atoms with van der Waals surface area (Å²) in [7, 11) is 0. The van der Waals surface area contributed by atoms with E-state index >= 15 is 0 Å². The summed E-state index contributed by atoms with van der Waals surface area (Å²) >= 11 is 0. The standard InChI is InChI=1S/C21H26N2O4/c1-21(2,3)10-9-18(20(25)26)23-19(24)16-7-4-8-17(12-16)27-14-15-6-5-11-22-13-15/h4-8,11-13,18H,9-10,14H2,1-3H3,(H,23,24)(H,25,26). The van der Waals surface area contributed by atoms with E-state index in [1.165, 1.54) is 0 Å². The number of carbonyl (C=O) groups is 2. The number of carboxylic acid groups (broad SMARTS) is 1. The summed E-state index contributed by atoms with van der Waals surface area (Å²) in [6.45, 7) is 6.45. The number of amides is 1. The van der Waals surface area contributed by atoms with Crippen LogP contribution in [-0.4, -0.2) is 28.0 Å². The highest BCUT2D eigenvalue weighted by Crippen LogP contribution is 2.22. The van der Waals surface area contributed by atoms with Crippen molar-refractivity contribution in [1.29, 1.82) is 0 Å². The number of nitrogens with one attached hydrogen (secondary N) is 1. The average molecular weight is 370 g/mol. The number of aromatic nitrogens is 1. The third kappa shape index (κ3) is 7.09. The van der Waals surface area contributed by atoms with Gasteiger partial charge in [-0.15, -0.1) is 0 Å². The minimum Gasteiger partial charge on any atom is -0.489 e. The molecule has 2 rings (SSSR count). The summed E-state index contributed by atoms with van der Waals surface area (Å²) in [4.78, 5) is 28.0. The number of ether oxygens (including phenoxy) is 1. The van der Waals surface area contributed by atoms with E-state index in [4.69, 9.17) is 4.74 Å². The Kier molecular flexibility index (Phi) is 6.93. The molecule has 1 unspecified atom stereocenters. The fourth-order valence-electron chi connectivity index (χ4n) is 2.45. The Bertz CT molecular complexity index is 769. The Labute approximate surface area is 159 Å². The highest BCUT2D eigenvalue weighted by Gasteiger charge is 2.23. The average Bonchev–Trinajstić information content (AvgIpc) is 2.63. The van der Waals surface area contributed by atoms with Gasteiger partial charge in [-0.25, -0.2) is 4.79 Å². The molecule has 6 heteroatoms. The van der Waals surface area contributed by atoms with Gasteiger partial charge in [0.2, 0.25) is 0 Å². The summed E-state index contributed by atoms with van der Waals surface area (Å²) in [6, 6.07) is 9.50. The Morgan fingerprint density at radius 3 is 2.63 bits per heavy atom. The Hall–Kier alpha value is -2.89. The van der Waals surface area contributed by atoms with Gasteiger partial charge < -0.3 is 15.2 Å². The molecule has 0 saturated carbocycles. The van der Waals surface area contributed by atoms with E-state index in [9.17, 15) is 14.7 Å². The molecule has 6 nitrogen and oxygen atoms in total. The van der Waals surface area contributed by atoms with Crippen molar-refractivity contribution < 1.29 is 19.4 Å². The summed E-state index contributed by atoms with van der Waals surface area (Å²) < 4.78 is 5.69. The van der Waals surface area contributed by atoms with Gasteiger partial charge in [-0.3, -0.25) is 9.78 Å². The number of carboxylic acids is 1. The first-order valence-corrected chi connectivity index (χ1v) is 8.90. The number of carbonyl (C=O) groups excluding carboxylic acids is 1. The minimum atomic E-state index is -1.03. The lowest BCUT2D eigenvalue weighted by Gasteiger charge is -2.21. The Morgan fingerprint density at radius 1 is 1.22 bits per heavy atom. The zero-order chi connectivity index (χ0) is 19.9. The van der Waals surface area contributed by atoms with Crippen molar-refractivity contribution in [2.45, 2.75) is 46.3 Å². The lowest BCUT2D eigenvalue weighted by Crippen LogP contribution is -2.41. The van der Waals surface area contributed by atoms with Crippen LogP contribution in [0, 0.1) is 5.41 Å². The second kappa shape index (κ2) is 9.16. The first kappa shape index (κ1) is 20.4. The highest BCUT2D eigenvalue weighted by atomic mass is 16.5. The van der Waals surface area contributed by atoms with Crippen molar-refractivity contribution in [3.63, 3.8) is 0 Å². The first-order valence-electron chi connectivity index (χ1n) is 8.90. The molecule has 0 saturated heterocycles. The number of rotatable bonds is 8. The van der Waals surface area contributed by atoms with Gasteiger partial charge in [0.25, 0.3) is 5.91 Å². The van der Waals surface area contributed by atoms with Gasteiger partial charge in [0, 0.05) is 23.5 Å². The van der Waals surface area contributed by atoms with Crippen molar-refractivity contribution >= 4 is 11.9 Å². The maximum absolute atomic E-state index is 12.5. The van der Waals surface area contributed by atoms with Crippen molar-refractivity contribution in [2.75, 3.05) is 0 Å². The third-order valence-electron chi connectivity index (χ3n) is 4.01. The van der Waals surface area contributed by atoms with E-state index in [1.54, 1.807) is 36.7 Å². The van der Waals surface area contributed by atoms with Crippen LogP contribution in [0.15, 0.2) is 48.8 Å². The molecular weight excluding hydrogens is 344 g/mol. The molecular formula is C21H26N2O4. The second-order valence-electron chi connectivity index (χ2n) is 7.64. The number of hydrogen-bond donors (Lipinski definition) is 2. The van der Waals surface area contributed by atoms with E-state index in [0.717, 1.165) is 5.56 Å². The third-order valence-corrected chi connectivity index (χ3v) is 4.01. The van der Waals surface area contributed by atoms with E-state index < -0.39 is 17.9 Å². The zero-order valence-electron chi connectivity index (χ0n) is 15.9. The number of hydrogen-bond acceptors (Lipinski definition) is 4. The molecule has 1 aromatic carbocycles. The lowest BCUT2D eigenvalue weighted by atomic mass is 9.88. The molecule has 1 aromatic heterocycles. The molecule has 0 aliphatic rings. The molecule has 1 amide bonds. The summed E-state index contributed by atoms with van der Waals surface area (Å²) in [5.74, 6) is -0.923. The number of benzene rings is 1. The van der Waals surface area contributed by atoms with Crippen LogP contribution in [0.4, 0.5) is 0 Å². The van der Waals surface area contributed by atoms with Crippen LogP contribution in [0.1, 0.15) is 49.5 Å². The Balaban J connectivity index is 1.99. The van der Waals surface area contributed by atoms with Crippen LogP contribution < -0.4 is 10.1 Å². The van der Waals surface area contributed by atoms with Crippen LogP contribution in [0.2, 0.25) is 0 Å². The minimum absolute atomic E-state index is 0.00151. The van der Waals surface area contributed by atoms with Gasteiger partial charge in [-0.1, -0.05) is 32.9 Å². The summed E-state index contributed by atoms with van der Waals surface area (Å²) in [5, 5.41) is 12.0. The van der Waals surface area contributed by atoms with Gasteiger partial charge >= 0.3 is 5.97 Å². The highest BCUT2D eigenvalue weighted by molar-refractivity contribution is 5.96. The van der Waals surface area contributed by atoms with Gasteiger partial charge in [0.1, 0.15) is 18.4 Å². The molecule has 2 N–H and O–H groups in total. The molecule has 144 valence electrons. The number of nitrogens with zero attached hydrogens (tertiary/aromatic N) is 1. The van der Waals surface area contributed by atoms with Gasteiger partial charge in [0.05, 0.1) is 0 Å². The smallest absolute Gasteiger partial charge is 0.326 e. The molecule has 27 heavy (non-hydrogen) atoms. The molecule has 0 aliphatic carbocycles. The number of aliphatic carboxylic acids is 1. The predicted octanol–water partition coefficient (Wildman–Crippen LogP) is 3.67. The molecule has 2 aromatic rings. The van der Waals surface area contributed by atoms with E-state index in [2.05, 4.69) is 10.3 Å². The van der Waals surface area contributed by atoms with Crippen LogP contribution >= 0.6 is 0 Å². The molecule has 0 bridgehead atoms. The van der Waals surface area contributed by atoms with Crippen molar-refractivity contribution in [2.24, 2.45) is 5.41 Å². The summed E-state index contributed by atoms with van der Waals surface area (Å²) in [5.41, 5.74) is 1.28. The predicted molar refractivity (Wildman–Crippen MR) is 103 cm³/mol. The quantitative estimate of drug-likeness (QED) is 0.740. The van der Waals surface area contributed by atoms with Gasteiger partial charge in [-0.2, -0.15) is 0 Å². The summed E-state index contributed by atoms with van der Waals surface area (Å²) in [6.07, 6.45) is 4.47. The van der Waals surface area contributed by atoms with E-state index in [1.807, 2.05) is 32.9 Å². The maximum Gasteiger partial charge on any atom is 0.326 e. The first-order chi connectivity index (χ1) is 12.7. The maximum atomic E-state index is 12.5. The Morgan fingerprint density at radius 2 is 2.00 bits per heavy atom. The monoisotopic (exact) mass is 370 g/mol. The fourth-order valence-corrected chi connectivity index (χ4v) is 2.45. The van der Waals surface area contributed by atoms with Crippen molar-refractivity contribution in [3.05, 3.63) is 59.9 Å². The van der Waals surface area contributed by atoms with Crippen LogP contribution in [0.5, 0.6) is 5.75 Å². The lowest BCUT2D eigenvalue weighted by molar-refractivity contribution is -0.139. The molecule has 1 heterocycles. The number of pyridine rings is 1. The van der Waals surface area contributed by atoms with Crippen LogP contribution in [0.25, 0.3) is 0 Å². The van der Waals surface area contributed by atoms with Gasteiger partial charge in [0.15, 0.2) is 0 Å². The van der Waals surface area contributed by atoms with Crippen molar-refractivity contribution in [1.82, 2.24) is 10.3 Å². The largest absolute Gasteiger partial charge is 0.489 e. The van der Waals surface area contributed by atoms with Crippen LogP contribution in [0.3, 0.4) is 0 Å². The second-order valence-corrected chi connectivity index (χ2v) is 7.64. The van der Waals surface area contributed by atoms with E-state index in [0.29, 0.717) is 30.8 Å². The van der Waals surface area contributed by atoms with E-state index in [-0.39, 0.29) is 5.41 Å². The normalized spacial score (nSPS) is 12.3. The zero-order valence-corrected chi connectivity index (χ0v) is 15.9. The molecule has 0 spiro atoms.